The quantitative estimate of drug-likeness (QED) is 0.843. The van der Waals surface area contributed by atoms with Crippen LogP contribution in [-0.2, 0) is 9.53 Å². The zero-order valence-electron chi connectivity index (χ0n) is 13.4. The second kappa shape index (κ2) is 6.20. The van der Waals surface area contributed by atoms with E-state index in [0.717, 1.165) is 17.0 Å². The van der Waals surface area contributed by atoms with Crippen LogP contribution in [0.5, 0.6) is 0 Å². The van der Waals surface area contributed by atoms with E-state index in [1.165, 1.54) is 7.11 Å². The molecule has 1 aliphatic carbocycles. The van der Waals surface area contributed by atoms with Crippen LogP contribution in [0.3, 0.4) is 0 Å². The van der Waals surface area contributed by atoms with Gasteiger partial charge in [-0.25, -0.2) is 9.97 Å². The number of hydrogen-bond acceptors (Lipinski definition) is 6. The number of hydrogen-bond donors (Lipinski definition) is 2. The molecule has 0 amide bonds. The molecule has 2 heterocycles. The number of aromatic amines is 1. The molecule has 0 radical (unpaired) electrons. The summed E-state index contributed by atoms with van der Waals surface area (Å²) in [4.78, 5) is 20.7. The highest BCUT2D eigenvalue weighted by atomic mass is 16.5. The number of aromatic nitrogens is 4. The van der Waals surface area contributed by atoms with E-state index in [1.807, 2.05) is 32.1 Å². The van der Waals surface area contributed by atoms with Crippen molar-refractivity contribution in [2.75, 3.05) is 12.4 Å². The first-order valence-corrected chi connectivity index (χ1v) is 7.47. The summed E-state index contributed by atoms with van der Waals surface area (Å²) in [7, 11) is 1.41. The second-order valence-electron chi connectivity index (χ2n) is 5.67. The van der Waals surface area contributed by atoms with E-state index in [4.69, 9.17) is 4.74 Å². The number of aryl methyl sites for hydroxylation is 2. The van der Waals surface area contributed by atoms with Crippen LogP contribution in [0.4, 0.5) is 11.6 Å². The van der Waals surface area contributed by atoms with Crippen molar-refractivity contribution < 1.29 is 9.53 Å². The van der Waals surface area contributed by atoms with Gasteiger partial charge in [0, 0.05) is 23.5 Å². The van der Waals surface area contributed by atoms with Crippen LogP contribution in [0, 0.1) is 19.8 Å². The Kier molecular flexibility index (Phi) is 4.10. The molecule has 7 heteroatoms. The predicted octanol–water partition coefficient (Wildman–Crippen LogP) is 2.53. The van der Waals surface area contributed by atoms with Crippen molar-refractivity contribution in [1.29, 1.82) is 0 Å². The monoisotopic (exact) mass is 313 g/mol. The second-order valence-corrected chi connectivity index (χ2v) is 5.67. The van der Waals surface area contributed by atoms with Crippen molar-refractivity contribution in [1.82, 2.24) is 20.2 Å². The average molecular weight is 313 g/mol. The summed E-state index contributed by atoms with van der Waals surface area (Å²) in [6, 6.07) is 3.76. The van der Waals surface area contributed by atoms with E-state index in [2.05, 4.69) is 25.5 Å². The molecular weight excluding hydrogens is 294 g/mol. The van der Waals surface area contributed by atoms with Gasteiger partial charge in [-0.05, 0) is 32.3 Å². The zero-order chi connectivity index (χ0) is 16.4. The Hall–Kier alpha value is -2.70. The van der Waals surface area contributed by atoms with Gasteiger partial charge in [0.2, 0.25) is 0 Å². The van der Waals surface area contributed by atoms with Gasteiger partial charge >= 0.3 is 5.97 Å². The zero-order valence-corrected chi connectivity index (χ0v) is 13.4. The molecule has 2 N–H and O–H groups in total. The largest absolute Gasteiger partial charge is 0.469 e. The highest BCUT2D eigenvalue weighted by Crippen LogP contribution is 2.32. The summed E-state index contributed by atoms with van der Waals surface area (Å²) < 4.78 is 4.81. The Morgan fingerprint density at radius 3 is 2.83 bits per heavy atom. The third-order valence-electron chi connectivity index (χ3n) is 3.75. The van der Waals surface area contributed by atoms with Crippen molar-refractivity contribution >= 4 is 23.2 Å². The Bertz CT molecular complexity index is 766. The maximum absolute atomic E-state index is 11.6. The number of allylic oxidation sites excluding steroid dienone is 2. The molecule has 0 spiro atoms. The standard InChI is InChI=1S/C16H19N5O2/c1-9-6-13(18-14-7-10(2)20-21-14)19-15(17-9)11-4-5-12(8-11)16(22)23-3/h4,6-7,12H,5,8H2,1-3H3,(H2,17,18,19,20,21). The van der Waals surface area contributed by atoms with E-state index < -0.39 is 0 Å². The lowest BCUT2D eigenvalue weighted by molar-refractivity contribution is -0.144. The van der Waals surface area contributed by atoms with E-state index in [0.29, 0.717) is 30.3 Å². The van der Waals surface area contributed by atoms with Gasteiger partial charge in [0.05, 0.1) is 13.0 Å². The Morgan fingerprint density at radius 2 is 2.13 bits per heavy atom. The van der Waals surface area contributed by atoms with Gasteiger partial charge in [0.1, 0.15) is 5.82 Å². The number of rotatable bonds is 4. The van der Waals surface area contributed by atoms with Gasteiger partial charge in [-0.2, -0.15) is 5.10 Å². The number of carbonyl (C=O) groups is 1. The number of carbonyl (C=O) groups excluding carboxylic acids is 1. The molecule has 3 rings (SSSR count). The minimum Gasteiger partial charge on any atom is -0.469 e. The van der Waals surface area contributed by atoms with Crippen molar-refractivity contribution in [2.24, 2.45) is 5.92 Å². The first-order valence-electron chi connectivity index (χ1n) is 7.47. The maximum Gasteiger partial charge on any atom is 0.309 e. The number of methoxy groups -OCH3 is 1. The summed E-state index contributed by atoms with van der Waals surface area (Å²) in [5.41, 5.74) is 2.80. The van der Waals surface area contributed by atoms with E-state index in [1.54, 1.807) is 0 Å². The normalized spacial score (nSPS) is 17.0. The molecule has 120 valence electrons. The number of nitrogens with one attached hydrogen (secondary N) is 2. The average Bonchev–Trinajstić information content (AvgIpc) is 3.15. The van der Waals surface area contributed by atoms with Gasteiger partial charge < -0.3 is 10.1 Å². The number of H-pyrrole nitrogens is 1. The van der Waals surface area contributed by atoms with Crippen LogP contribution >= 0.6 is 0 Å². The van der Waals surface area contributed by atoms with Gasteiger partial charge in [-0.3, -0.25) is 9.89 Å². The summed E-state index contributed by atoms with van der Waals surface area (Å²) in [6.07, 6.45) is 3.29. The van der Waals surface area contributed by atoms with Gasteiger partial charge in [-0.15, -0.1) is 0 Å². The lowest BCUT2D eigenvalue weighted by Gasteiger charge is -2.09. The maximum atomic E-state index is 11.6. The predicted molar refractivity (Wildman–Crippen MR) is 86.1 cm³/mol. The molecule has 0 aromatic carbocycles. The van der Waals surface area contributed by atoms with Crippen LogP contribution in [0.2, 0.25) is 0 Å². The molecule has 0 aliphatic heterocycles. The topological polar surface area (TPSA) is 92.8 Å². The van der Waals surface area contributed by atoms with E-state index in [-0.39, 0.29) is 11.9 Å². The molecular formula is C16H19N5O2. The molecule has 0 bridgehead atoms. The van der Waals surface area contributed by atoms with Gasteiger partial charge in [0.25, 0.3) is 0 Å². The Labute approximate surface area is 134 Å². The minimum atomic E-state index is -0.186. The molecule has 2 aromatic rings. The SMILES string of the molecule is COC(=O)C1CC=C(c2nc(C)cc(Nc3cc(C)[nH]n3)n2)C1. The lowest BCUT2D eigenvalue weighted by Crippen LogP contribution is -2.13. The molecule has 0 fully saturated rings. The molecule has 1 aliphatic rings. The molecule has 0 saturated heterocycles. The fourth-order valence-corrected chi connectivity index (χ4v) is 2.63. The van der Waals surface area contributed by atoms with Crippen LogP contribution in [0.1, 0.15) is 30.1 Å². The highest BCUT2D eigenvalue weighted by molar-refractivity contribution is 5.78. The summed E-state index contributed by atoms with van der Waals surface area (Å²) in [5.74, 6) is 1.71. The number of anilines is 2. The van der Waals surface area contributed by atoms with Crippen molar-refractivity contribution in [3.05, 3.63) is 35.4 Å². The Morgan fingerprint density at radius 1 is 1.30 bits per heavy atom. The molecule has 1 atom stereocenters. The first kappa shape index (κ1) is 15.2. The number of ether oxygens (including phenoxy) is 1. The van der Waals surface area contributed by atoms with Gasteiger partial charge in [-0.1, -0.05) is 6.08 Å². The van der Waals surface area contributed by atoms with E-state index >= 15 is 0 Å². The first-order chi connectivity index (χ1) is 11.0. The van der Waals surface area contributed by atoms with E-state index in [9.17, 15) is 4.79 Å². The van der Waals surface area contributed by atoms with Gasteiger partial charge in [0.15, 0.2) is 11.6 Å². The van der Waals surface area contributed by atoms with Crippen molar-refractivity contribution in [3.63, 3.8) is 0 Å². The third kappa shape index (κ3) is 3.39. The number of nitrogens with zero attached hydrogens (tertiary/aromatic N) is 3. The molecule has 23 heavy (non-hydrogen) atoms. The molecule has 1 unspecified atom stereocenters. The van der Waals surface area contributed by atoms with Crippen LogP contribution in [-0.4, -0.2) is 33.2 Å². The fraction of sp³-hybridized carbons (Fsp3) is 0.375. The van der Waals surface area contributed by atoms with Crippen LogP contribution < -0.4 is 5.32 Å². The van der Waals surface area contributed by atoms with Crippen LogP contribution in [0.25, 0.3) is 5.57 Å². The summed E-state index contributed by atoms with van der Waals surface area (Å²) >= 11 is 0. The third-order valence-corrected chi connectivity index (χ3v) is 3.75. The van der Waals surface area contributed by atoms with Crippen molar-refractivity contribution in [3.8, 4) is 0 Å². The smallest absolute Gasteiger partial charge is 0.309 e. The molecule has 0 saturated carbocycles. The minimum absolute atomic E-state index is 0.135. The summed E-state index contributed by atoms with van der Waals surface area (Å²) in [6.45, 7) is 3.85. The molecule has 7 nitrogen and oxygen atoms in total. The fourth-order valence-electron chi connectivity index (χ4n) is 2.63. The lowest BCUT2D eigenvalue weighted by atomic mass is 10.1. The molecule has 2 aromatic heterocycles. The van der Waals surface area contributed by atoms with Crippen molar-refractivity contribution in [2.45, 2.75) is 26.7 Å². The highest BCUT2D eigenvalue weighted by Gasteiger charge is 2.26. The van der Waals surface area contributed by atoms with Crippen LogP contribution in [0.15, 0.2) is 18.2 Å². The number of esters is 1. The Balaban J connectivity index is 1.80. The summed E-state index contributed by atoms with van der Waals surface area (Å²) in [5, 5.41) is 10.2.